The summed E-state index contributed by atoms with van der Waals surface area (Å²) < 4.78 is 1.37. The van der Waals surface area contributed by atoms with Gasteiger partial charge in [-0.05, 0) is 36.2 Å². The van der Waals surface area contributed by atoms with E-state index >= 15 is 0 Å². The second kappa shape index (κ2) is 7.53. The van der Waals surface area contributed by atoms with Crippen LogP contribution in [0.4, 0.5) is 5.13 Å². The number of hydrogen-bond acceptors (Lipinski definition) is 5. The predicted octanol–water partition coefficient (Wildman–Crippen LogP) is 3.96. The zero-order chi connectivity index (χ0) is 19.7. The molecule has 0 fully saturated rings. The number of carbonyl (C=O) groups is 1. The maximum atomic E-state index is 12.6. The van der Waals surface area contributed by atoms with Crippen molar-refractivity contribution in [3.05, 3.63) is 91.9 Å². The molecule has 0 bridgehead atoms. The first-order chi connectivity index (χ1) is 13.5. The van der Waals surface area contributed by atoms with E-state index in [-0.39, 0.29) is 5.56 Å². The molecule has 1 N–H and O–H groups in total. The fourth-order valence-electron chi connectivity index (χ4n) is 2.80. The summed E-state index contributed by atoms with van der Waals surface area (Å²) in [5.74, 6) is -0.530. The third-order valence-corrected chi connectivity index (χ3v) is 5.28. The quantitative estimate of drug-likeness (QED) is 0.552. The number of rotatable bonds is 4. The van der Waals surface area contributed by atoms with Gasteiger partial charge in [-0.15, -0.1) is 11.3 Å². The molecule has 3 heterocycles. The van der Waals surface area contributed by atoms with Crippen LogP contribution >= 0.6 is 22.9 Å². The van der Waals surface area contributed by atoms with Crippen LogP contribution in [0.3, 0.4) is 0 Å². The van der Waals surface area contributed by atoms with Crippen molar-refractivity contribution in [2.75, 3.05) is 5.32 Å². The molecule has 4 rings (SSSR count). The molecule has 0 saturated carbocycles. The molecule has 0 radical (unpaired) electrons. The number of pyridine rings is 1. The van der Waals surface area contributed by atoms with E-state index in [9.17, 15) is 9.59 Å². The van der Waals surface area contributed by atoms with Crippen molar-refractivity contribution in [2.45, 2.75) is 13.3 Å². The Bertz CT molecular complexity index is 1250. The van der Waals surface area contributed by atoms with Crippen molar-refractivity contribution in [1.82, 2.24) is 14.4 Å². The van der Waals surface area contributed by atoms with Crippen LogP contribution in [0.1, 0.15) is 26.4 Å². The Morgan fingerprint density at radius 3 is 2.89 bits per heavy atom. The largest absolute Gasteiger partial charge is 0.298 e. The highest BCUT2D eigenvalue weighted by molar-refractivity contribution is 7.15. The van der Waals surface area contributed by atoms with E-state index in [1.54, 1.807) is 18.5 Å². The monoisotopic (exact) mass is 410 g/mol. The average molecular weight is 411 g/mol. The Labute approximate surface area is 169 Å². The number of amides is 1. The van der Waals surface area contributed by atoms with Gasteiger partial charge in [0.2, 0.25) is 0 Å². The number of fused-ring (bicyclic) bond motifs is 1. The molecule has 0 unspecified atom stereocenters. The minimum Gasteiger partial charge on any atom is -0.298 e. The van der Waals surface area contributed by atoms with Crippen LogP contribution in [-0.4, -0.2) is 20.3 Å². The number of halogens is 1. The number of carbonyl (C=O) groups excluding carboxylic acids is 1. The van der Waals surface area contributed by atoms with Crippen molar-refractivity contribution < 1.29 is 4.79 Å². The summed E-state index contributed by atoms with van der Waals surface area (Å²) in [5, 5.41) is 3.79. The highest BCUT2D eigenvalue weighted by Gasteiger charge is 2.15. The molecule has 0 aliphatic carbocycles. The van der Waals surface area contributed by atoms with Gasteiger partial charge >= 0.3 is 0 Å². The van der Waals surface area contributed by atoms with Crippen molar-refractivity contribution in [2.24, 2.45) is 0 Å². The molecule has 0 atom stereocenters. The Morgan fingerprint density at radius 2 is 2.07 bits per heavy atom. The van der Waals surface area contributed by atoms with Crippen LogP contribution in [0.15, 0.2) is 59.8 Å². The number of benzene rings is 1. The molecule has 8 heteroatoms. The third-order valence-electron chi connectivity index (χ3n) is 4.14. The molecule has 0 aliphatic rings. The normalized spacial score (nSPS) is 10.9. The van der Waals surface area contributed by atoms with Crippen LogP contribution in [-0.2, 0) is 6.42 Å². The number of aryl methyl sites for hydroxylation is 1. The minimum absolute atomic E-state index is 0.0327. The van der Waals surface area contributed by atoms with Gasteiger partial charge in [0.1, 0.15) is 11.2 Å². The Morgan fingerprint density at radius 1 is 1.21 bits per heavy atom. The van der Waals surface area contributed by atoms with Crippen molar-refractivity contribution in [1.29, 1.82) is 0 Å². The molecule has 28 heavy (non-hydrogen) atoms. The maximum absolute atomic E-state index is 12.6. The average Bonchev–Trinajstić information content (AvgIpc) is 3.09. The van der Waals surface area contributed by atoms with Crippen LogP contribution in [0.2, 0.25) is 5.02 Å². The summed E-state index contributed by atoms with van der Waals surface area (Å²) in [6.45, 7) is 1.87. The molecule has 1 aromatic carbocycles. The van der Waals surface area contributed by atoms with Gasteiger partial charge in [-0.2, -0.15) is 0 Å². The molecule has 0 aliphatic heterocycles. The second-order valence-electron chi connectivity index (χ2n) is 6.30. The molecular weight excluding hydrogens is 396 g/mol. The van der Waals surface area contributed by atoms with E-state index in [4.69, 9.17) is 11.6 Å². The van der Waals surface area contributed by atoms with Crippen molar-refractivity contribution in [3.63, 3.8) is 0 Å². The van der Waals surface area contributed by atoms with Crippen LogP contribution in [0.25, 0.3) is 5.65 Å². The molecule has 1 amide bonds. The lowest BCUT2D eigenvalue weighted by Gasteiger charge is -2.05. The van der Waals surface area contributed by atoms with Crippen molar-refractivity contribution in [3.8, 4) is 0 Å². The summed E-state index contributed by atoms with van der Waals surface area (Å²) >= 11 is 7.37. The fourth-order valence-corrected chi connectivity index (χ4v) is 3.85. The molecule has 3 aromatic heterocycles. The molecule has 0 spiro atoms. The summed E-state index contributed by atoms with van der Waals surface area (Å²) in [7, 11) is 0. The van der Waals surface area contributed by atoms with Gasteiger partial charge in [0, 0.05) is 34.9 Å². The van der Waals surface area contributed by atoms with Gasteiger partial charge in [-0.25, -0.2) is 9.97 Å². The Hall–Kier alpha value is -3.03. The molecule has 0 saturated heterocycles. The third kappa shape index (κ3) is 3.81. The lowest BCUT2D eigenvalue weighted by Crippen LogP contribution is -2.26. The number of thiazole rings is 1. The molecule has 4 aromatic rings. The Balaban J connectivity index is 1.54. The smallest absolute Gasteiger partial charge is 0.270 e. The highest BCUT2D eigenvalue weighted by atomic mass is 35.5. The van der Waals surface area contributed by atoms with E-state index < -0.39 is 11.5 Å². The molecular formula is C20H15ClN4O2S. The summed E-state index contributed by atoms with van der Waals surface area (Å²) in [5.41, 5.74) is 2.00. The highest BCUT2D eigenvalue weighted by Crippen LogP contribution is 2.22. The van der Waals surface area contributed by atoms with Crippen LogP contribution < -0.4 is 10.9 Å². The first kappa shape index (κ1) is 18.3. The standard InChI is InChI=1S/C20H15ClN4O2S/c1-12-5-6-17-22-10-16(19(27)25(17)11-12)18(26)24-20-23-9-15(28-20)8-13-3-2-4-14(21)7-13/h2-7,9-11H,8H2,1H3,(H,23,24,26). The number of aromatic nitrogens is 3. The van der Waals surface area contributed by atoms with E-state index in [2.05, 4.69) is 15.3 Å². The SMILES string of the molecule is Cc1ccc2ncc(C(=O)Nc3ncc(Cc4cccc(Cl)c4)s3)c(=O)n2c1. The van der Waals surface area contributed by atoms with Crippen LogP contribution in [0, 0.1) is 6.92 Å². The van der Waals surface area contributed by atoms with Gasteiger partial charge in [0.25, 0.3) is 11.5 Å². The lowest BCUT2D eigenvalue weighted by molar-refractivity contribution is 0.102. The van der Waals surface area contributed by atoms with E-state index in [1.165, 1.54) is 21.9 Å². The summed E-state index contributed by atoms with van der Waals surface area (Å²) in [6.07, 6.45) is 5.32. The van der Waals surface area contributed by atoms with Gasteiger partial charge in [-0.3, -0.25) is 19.3 Å². The zero-order valence-electron chi connectivity index (χ0n) is 14.8. The van der Waals surface area contributed by atoms with Gasteiger partial charge in [0.15, 0.2) is 5.13 Å². The number of anilines is 1. The minimum atomic E-state index is -0.530. The lowest BCUT2D eigenvalue weighted by atomic mass is 10.1. The Kier molecular flexibility index (Phi) is 4.93. The van der Waals surface area contributed by atoms with Crippen LogP contribution in [0.5, 0.6) is 0 Å². The first-order valence-electron chi connectivity index (χ1n) is 8.48. The predicted molar refractivity (Wildman–Crippen MR) is 111 cm³/mol. The number of nitrogens with one attached hydrogen (secondary N) is 1. The number of nitrogens with zero attached hydrogens (tertiary/aromatic N) is 3. The topological polar surface area (TPSA) is 76.4 Å². The van der Waals surface area contributed by atoms with Gasteiger partial charge in [0.05, 0.1) is 0 Å². The van der Waals surface area contributed by atoms with Gasteiger partial charge in [-0.1, -0.05) is 29.8 Å². The zero-order valence-corrected chi connectivity index (χ0v) is 16.4. The fraction of sp³-hybridized carbons (Fsp3) is 0.100. The number of hydrogen-bond donors (Lipinski definition) is 1. The maximum Gasteiger partial charge on any atom is 0.270 e. The van der Waals surface area contributed by atoms with E-state index in [0.29, 0.717) is 22.2 Å². The molecule has 6 nitrogen and oxygen atoms in total. The van der Waals surface area contributed by atoms with E-state index in [1.807, 2.05) is 37.3 Å². The summed E-state index contributed by atoms with van der Waals surface area (Å²) in [6, 6.07) is 11.2. The van der Waals surface area contributed by atoms with E-state index in [0.717, 1.165) is 16.0 Å². The molecule has 140 valence electrons. The second-order valence-corrected chi connectivity index (χ2v) is 7.86. The van der Waals surface area contributed by atoms with Gasteiger partial charge < -0.3 is 0 Å². The van der Waals surface area contributed by atoms with Crippen molar-refractivity contribution >= 4 is 39.6 Å². The summed E-state index contributed by atoms with van der Waals surface area (Å²) in [4.78, 5) is 34.6. The first-order valence-corrected chi connectivity index (χ1v) is 9.67.